The smallest absolute Gasteiger partial charge is 0.303 e. The Hall–Kier alpha value is -1.68. The van der Waals surface area contributed by atoms with E-state index in [2.05, 4.69) is 4.37 Å². The normalized spacial score (nSPS) is 10.2. The molecule has 1 aromatic heterocycles. The number of hydrogen-bond acceptors (Lipinski definition) is 3. The van der Waals surface area contributed by atoms with Crippen molar-refractivity contribution in [1.29, 1.82) is 0 Å². The zero-order chi connectivity index (χ0) is 11.4. The number of carbonyl (C=O) groups is 1. The minimum atomic E-state index is -0.758. The van der Waals surface area contributed by atoms with Crippen molar-refractivity contribution in [2.75, 3.05) is 0 Å². The summed E-state index contributed by atoms with van der Waals surface area (Å²) < 4.78 is 4.04. The lowest BCUT2D eigenvalue weighted by Crippen LogP contribution is -1.97. The summed E-state index contributed by atoms with van der Waals surface area (Å²) in [5, 5.41) is 10.6. The van der Waals surface area contributed by atoms with Crippen molar-refractivity contribution in [1.82, 2.24) is 4.37 Å². The second-order valence-corrected chi connectivity index (χ2v) is 4.16. The molecule has 0 atom stereocenters. The molecule has 0 saturated carbocycles. The first-order valence-electron chi connectivity index (χ1n) is 4.96. The van der Waals surface area contributed by atoms with Crippen molar-refractivity contribution in [3.63, 3.8) is 0 Å². The quantitative estimate of drug-likeness (QED) is 0.883. The van der Waals surface area contributed by atoms with Gasteiger partial charge < -0.3 is 5.11 Å². The van der Waals surface area contributed by atoms with Crippen LogP contribution in [0.2, 0.25) is 0 Å². The van der Waals surface area contributed by atoms with E-state index < -0.39 is 5.97 Å². The summed E-state index contributed by atoms with van der Waals surface area (Å²) in [6.45, 7) is 0. The number of hydrogen-bond donors (Lipinski definition) is 1. The van der Waals surface area contributed by atoms with Gasteiger partial charge in [-0.05, 0) is 29.1 Å². The van der Waals surface area contributed by atoms with Crippen LogP contribution in [0, 0.1) is 0 Å². The fraction of sp³-hybridized carbons (Fsp3) is 0.167. The summed E-state index contributed by atoms with van der Waals surface area (Å²) in [4.78, 5) is 10.4. The van der Waals surface area contributed by atoms with Gasteiger partial charge in [0, 0.05) is 23.6 Å². The van der Waals surface area contributed by atoms with Crippen LogP contribution in [0.3, 0.4) is 0 Å². The summed E-state index contributed by atoms with van der Waals surface area (Å²) in [6, 6.07) is 7.94. The van der Waals surface area contributed by atoms with Gasteiger partial charge in [0.2, 0.25) is 0 Å². The summed E-state index contributed by atoms with van der Waals surface area (Å²) >= 11 is 1.43. The lowest BCUT2D eigenvalue weighted by Gasteiger charge is -2.01. The minimum Gasteiger partial charge on any atom is -0.481 e. The zero-order valence-corrected chi connectivity index (χ0v) is 9.41. The van der Waals surface area contributed by atoms with Crippen molar-refractivity contribution < 1.29 is 9.90 Å². The highest BCUT2D eigenvalue weighted by atomic mass is 32.1. The number of aliphatic carboxylic acids is 1. The third-order valence-corrected chi connectivity index (χ3v) is 2.93. The molecule has 3 nitrogen and oxygen atoms in total. The highest BCUT2D eigenvalue weighted by Gasteiger charge is 2.01. The summed E-state index contributed by atoms with van der Waals surface area (Å²) in [6.07, 6.45) is 2.59. The summed E-state index contributed by atoms with van der Waals surface area (Å²) in [5.41, 5.74) is 3.27. The highest BCUT2D eigenvalue weighted by molar-refractivity contribution is 7.03. The van der Waals surface area contributed by atoms with Crippen LogP contribution < -0.4 is 0 Å². The molecule has 0 amide bonds. The van der Waals surface area contributed by atoms with E-state index in [1.165, 1.54) is 11.5 Å². The van der Waals surface area contributed by atoms with Gasteiger partial charge in [0.25, 0.3) is 0 Å². The Morgan fingerprint density at radius 1 is 1.25 bits per heavy atom. The van der Waals surface area contributed by atoms with Gasteiger partial charge in [0.05, 0.1) is 0 Å². The maximum Gasteiger partial charge on any atom is 0.303 e. The number of aromatic nitrogens is 1. The molecule has 0 aliphatic carbocycles. The topological polar surface area (TPSA) is 50.2 Å². The van der Waals surface area contributed by atoms with Gasteiger partial charge in [0.1, 0.15) is 0 Å². The molecule has 1 N–H and O–H groups in total. The second-order valence-electron chi connectivity index (χ2n) is 3.50. The molecule has 16 heavy (non-hydrogen) atoms. The molecule has 0 spiro atoms. The van der Waals surface area contributed by atoms with E-state index in [9.17, 15) is 4.79 Å². The standard InChI is InChI=1S/C12H11NO2S/c14-12(15)6-3-9-1-4-10(5-2-9)11-7-13-16-8-11/h1-2,4-5,7-8H,3,6H2,(H,14,15). The minimum absolute atomic E-state index is 0.180. The molecule has 0 saturated heterocycles. The predicted molar refractivity (Wildman–Crippen MR) is 63.5 cm³/mol. The van der Waals surface area contributed by atoms with E-state index >= 15 is 0 Å². The Bertz CT molecular complexity index is 462. The van der Waals surface area contributed by atoms with E-state index in [0.29, 0.717) is 6.42 Å². The van der Waals surface area contributed by atoms with Gasteiger partial charge in [-0.2, -0.15) is 0 Å². The van der Waals surface area contributed by atoms with E-state index in [1.54, 1.807) is 0 Å². The summed E-state index contributed by atoms with van der Waals surface area (Å²) in [7, 11) is 0. The van der Waals surface area contributed by atoms with Gasteiger partial charge in [-0.15, -0.1) is 0 Å². The predicted octanol–water partition coefficient (Wildman–Crippen LogP) is 2.83. The van der Waals surface area contributed by atoms with Crippen LogP contribution in [-0.2, 0) is 11.2 Å². The van der Waals surface area contributed by atoms with Gasteiger partial charge in [-0.1, -0.05) is 24.3 Å². The van der Waals surface area contributed by atoms with Crippen LogP contribution in [0.25, 0.3) is 11.1 Å². The molecule has 2 rings (SSSR count). The van der Waals surface area contributed by atoms with E-state index in [1.807, 2.05) is 35.8 Å². The third-order valence-electron chi connectivity index (χ3n) is 2.35. The SMILES string of the molecule is O=C(O)CCc1ccc(-c2cnsc2)cc1. The molecular weight excluding hydrogens is 222 g/mol. The number of benzene rings is 1. The highest BCUT2D eigenvalue weighted by Crippen LogP contribution is 2.20. The average Bonchev–Trinajstić information content (AvgIpc) is 2.80. The van der Waals surface area contributed by atoms with Crippen LogP contribution in [-0.4, -0.2) is 15.4 Å². The number of carboxylic acids is 1. The van der Waals surface area contributed by atoms with Crippen molar-refractivity contribution >= 4 is 17.5 Å². The van der Waals surface area contributed by atoms with Gasteiger partial charge in [-0.25, -0.2) is 4.37 Å². The number of rotatable bonds is 4. The molecule has 0 aliphatic rings. The maximum absolute atomic E-state index is 10.4. The molecule has 0 radical (unpaired) electrons. The molecule has 4 heteroatoms. The molecular formula is C12H11NO2S. The summed E-state index contributed by atoms with van der Waals surface area (Å²) in [5.74, 6) is -0.758. The average molecular weight is 233 g/mol. The number of aryl methyl sites for hydroxylation is 1. The van der Waals surface area contributed by atoms with Gasteiger partial charge in [0.15, 0.2) is 0 Å². The Kier molecular flexibility index (Phi) is 3.31. The van der Waals surface area contributed by atoms with Crippen molar-refractivity contribution in [2.45, 2.75) is 12.8 Å². The van der Waals surface area contributed by atoms with Crippen molar-refractivity contribution in [3.8, 4) is 11.1 Å². The molecule has 82 valence electrons. The van der Waals surface area contributed by atoms with Crippen molar-refractivity contribution in [2.24, 2.45) is 0 Å². The zero-order valence-electron chi connectivity index (χ0n) is 8.59. The molecule has 0 fully saturated rings. The lowest BCUT2D eigenvalue weighted by atomic mass is 10.0. The van der Waals surface area contributed by atoms with Crippen LogP contribution in [0.4, 0.5) is 0 Å². The number of carboxylic acid groups (broad SMARTS) is 1. The lowest BCUT2D eigenvalue weighted by molar-refractivity contribution is -0.136. The Morgan fingerprint density at radius 3 is 2.56 bits per heavy atom. The van der Waals surface area contributed by atoms with Gasteiger partial charge >= 0.3 is 5.97 Å². The van der Waals surface area contributed by atoms with Gasteiger partial charge in [-0.3, -0.25) is 4.79 Å². The molecule has 0 unspecified atom stereocenters. The van der Waals surface area contributed by atoms with Crippen LogP contribution >= 0.6 is 11.5 Å². The fourth-order valence-corrected chi connectivity index (χ4v) is 2.01. The van der Waals surface area contributed by atoms with E-state index in [4.69, 9.17) is 5.11 Å². The van der Waals surface area contributed by atoms with Crippen molar-refractivity contribution in [3.05, 3.63) is 41.4 Å². The van der Waals surface area contributed by atoms with E-state index in [0.717, 1.165) is 16.7 Å². The first-order valence-corrected chi connectivity index (χ1v) is 5.80. The first-order chi connectivity index (χ1) is 7.75. The third kappa shape index (κ3) is 2.67. The Balaban J connectivity index is 2.08. The largest absolute Gasteiger partial charge is 0.481 e. The first kappa shape index (κ1) is 10.8. The van der Waals surface area contributed by atoms with E-state index in [-0.39, 0.29) is 6.42 Å². The van der Waals surface area contributed by atoms with Crippen LogP contribution in [0.15, 0.2) is 35.8 Å². The number of nitrogens with zero attached hydrogens (tertiary/aromatic N) is 1. The monoisotopic (exact) mass is 233 g/mol. The molecule has 2 aromatic rings. The molecule has 0 bridgehead atoms. The maximum atomic E-state index is 10.4. The fourth-order valence-electron chi connectivity index (χ4n) is 1.46. The van der Waals surface area contributed by atoms with Crippen LogP contribution in [0.1, 0.15) is 12.0 Å². The second kappa shape index (κ2) is 4.90. The van der Waals surface area contributed by atoms with Crippen LogP contribution in [0.5, 0.6) is 0 Å². The molecule has 1 aromatic carbocycles. The Morgan fingerprint density at radius 2 is 2.00 bits per heavy atom. The molecule has 0 aliphatic heterocycles. The molecule has 1 heterocycles. The Labute approximate surface area is 97.5 Å².